The molecule has 146 valence electrons. The molecule has 1 aliphatic heterocycles. The van der Waals surface area contributed by atoms with Gasteiger partial charge in [-0.15, -0.1) is 0 Å². The summed E-state index contributed by atoms with van der Waals surface area (Å²) in [7, 11) is 0. The number of likely N-dealkylation sites (tertiary alicyclic amines) is 1. The number of carboxylic acid groups (broad SMARTS) is 1. The van der Waals surface area contributed by atoms with Gasteiger partial charge in [-0.25, -0.2) is 4.79 Å². The van der Waals surface area contributed by atoms with Crippen LogP contribution in [0, 0.1) is 0 Å². The fraction of sp³-hybridized carbons (Fsp3) is 0.286. The molecule has 0 bridgehead atoms. The van der Waals surface area contributed by atoms with Crippen molar-refractivity contribution in [3.8, 4) is 5.75 Å². The number of ether oxygens (including phenoxy) is 1. The zero-order valence-corrected chi connectivity index (χ0v) is 15.3. The largest absolute Gasteiger partial charge is 0.482 e. The van der Waals surface area contributed by atoms with E-state index in [1.54, 1.807) is 29.2 Å². The van der Waals surface area contributed by atoms with Crippen molar-refractivity contribution in [1.29, 1.82) is 0 Å². The monoisotopic (exact) mass is 382 g/mol. The van der Waals surface area contributed by atoms with E-state index in [2.05, 4.69) is 5.32 Å². The van der Waals surface area contributed by atoms with Crippen LogP contribution in [0.25, 0.3) is 0 Å². The van der Waals surface area contributed by atoms with E-state index in [1.807, 2.05) is 30.3 Å². The average Bonchev–Trinajstić information content (AvgIpc) is 2.70. The van der Waals surface area contributed by atoms with Gasteiger partial charge in [0.1, 0.15) is 11.8 Å². The summed E-state index contributed by atoms with van der Waals surface area (Å²) in [5, 5.41) is 11.5. The summed E-state index contributed by atoms with van der Waals surface area (Å²) in [5.41, 5.74) is 1.30. The number of carboxylic acids is 1. The minimum atomic E-state index is -1.06. The van der Waals surface area contributed by atoms with Crippen molar-refractivity contribution in [2.75, 3.05) is 18.5 Å². The first kappa shape index (κ1) is 19.4. The number of piperidine rings is 1. The van der Waals surface area contributed by atoms with Gasteiger partial charge in [0.25, 0.3) is 5.91 Å². The number of carbonyl (C=O) groups is 3. The van der Waals surface area contributed by atoms with Gasteiger partial charge in [-0.2, -0.15) is 0 Å². The van der Waals surface area contributed by atoms with Crippen molar-refractivity contribution >= 4 is 23.5 Å². The van der Waals surface area contributed by atoms with Crippen molar-refractivity contribution in [2.24, 2.45) is 0 Å². The van der Waals surface area contributed by atoms with Crippen LogP contribution in [0.3, 0.4) is 0 Å². The Morgan fingerprint density at radius 2 is 1.79 bits per heavy atom. The van der Waals surface area contributed by atoms with Gasteiger partial charge in [0, 0.05) is 18.7 Å². The lowest BCUT2D eigenvalue weighted by Crippen LogP contribution is -2.43. The van der Waals surface area contributed by atoms with Crippen LogP contribution in [0.1, 0.15) is 30.9 Å². The molecule has 1 atom stereocenters. The molecule has 28 heavy (non-hydrogen) atoms. The summed E-state index contributed by atoms with van der Waals surface area (Å²) >= 11 is 0. The Labute approximate surface area is 162 Å². The summed E-state index contributed by atoms with van der Waals surface area (Å²) in [6, 6.07) is 15.0. The van der Waals surface area contributed by atoms with E-state index in [0.29, 0.717) is 24.4 Å². The molecule has 0 spiro atoms. The van der Waals surface area contributed by atoms with Gasteiger partial charge in [-0.05, 0) is 42.7 Å². The first-order valence-electron chi connectivity index (χ1n) is 9.14. The average molecular weight is 382 g/mol. The Bertz CT molecular complexity index is 836. The van der Waals surface area contributed by atoms with Crippen LogP contribution in [0.5, 0.6) is 5.75 Å². The van der Waals surface area contributed by atoms with E-state index >= 15 is 0 Å². The molecule has 1 saturated heterocycles. The molecule has 0 aliphatic carbocycles. The van der Waals surface area contributed by atoms with Crippen LogP contribution in [0.15, 0.2) is 54.6 Å². The van der Waals surface area contributed by atoms with Crippen molar-refractivity contribution in [2.45, 2.75) is 25.3 Å². The minimum absolute atomic E-state index is 0.0207. The van der Waals surface area contributed by atoms with Gasteiger partial charge < -0.3 is 20.1 Å². The number of amides is 2. The van der Waals surface area contributed by atoms with Crippen LogP contribution in [-0.2, 0) is 14.4 Å². The second kappa shape index (κ2) is 9.03. The molecule has 1 heterocycles. The van der Waals surface area contributed by atoms with Crippen LogP contribution >= 0.6 is 0 Å². The Hall–Kier alpha value is -3.35. The molecule has 2 aromatic carbocycles. The Kier molecular flexibility index (Phi) is 6.26. The molecule has 0 aromatic heterocycles. The Balaban J connectivity index is 1.76. The second-order valence-electron chi connectivity index (χ2n) is 6.55. The molecular weight excluding hydrogens is 360 g/mol. The van der Waals surface area contributed by atoms with Gasteiger partial charge >= 0.3 is 5.97 Å². The standard InChI is InChI=1S/C21H22N2O5/c24-18-8-4-5-13-23(18)20(15-6-2-1-3-7-15)21(27)22-16-9-11-17(12-10-16)28-14-19(25)26/h1-3,6-7,9-12,20H,4-5,8,13-14H2,(H,22,27)(H,25,26). The smallest absolute Gasteiger partial charge is 0.341 e. The fourth-order valence-corrected chi connectivity index (χ4v) is 3.20. The van der Waals surface area contributed by atoms with Crippen molar-refractivity contribution in [3.63, 3.8) is 0 Å². The molecule has 7 heteroatoms. The van der Waals surface area contributed by atoms with Gasteiger partial charge in [-0.1, -0.05) is 30.3 Å². The van der Waals surface area contributed by atoms with E-state index in [0.717, 1.165) is 18.4 Å². The molecule has 1 aliphatic rings. The van der Waals surface area contributed by atoms with Crippen LogP contribution in [0.2, 0.25) is 0 Å². The molecule has 2 amide bonds. The molecule has 1 fully saturated rings. The van der Waals surface area contributed by atoms with Crippen molar-refractivity contribution in [3.05, 3.63) is 60.2 Å². The molecule has 2 aromatic rings. The zero-order valence-electron chi connectivity index (χ0n) is 15.3. The maximum Gasteiger partial charge on any atom is 0.341 e. The summed E-state index contributed by atoms with van der Waals surface area (Å²) < 4.78 is 5.09. The summed E-state index contributed by atoms with van der Waals surface area (Å²) in [4.78, 5) is 37.7. The summed E-state index contributed by atoms with van der Waals surface area (Å²) in [6.07, 6.45) is 2.17. The lowest BCUT2D eigenvalue weighted by atomic mass is 10.0. The van der Waals surface area contributed by atoms with Crippen LogP contribution < -0.4 is 10.1 Å². The third-order valence-electron chi connectivity index (χ3n) is 4.52. The zero-order chi connectivity index (χ0) is 19.9. The molecule has 3 rings (SSSR count). The predicted octanol–water partition coefficient (Wildman–Crippen LogP) is 2.84. The molecule has 7 nitrogen and oxygen atoms in total. The number of rotatable bonds is 7. The number of hydrogen-bond acceptors (Lipinski definition) is 4. The number of nitrogens with one attached hydrogen (secondary N) is 1. The van der Waals surface area contributed by atoms with Crippen LogP contribution in [0.4, 0.5) is 5.69 Å². The topological polar surface area (TPSA) is 95.9 Å². The van der Waals surface area contributed by atoms with E-state index in [-0.39, 0.29) is 11.8 Å². The highest BCUT2D eigenvalue weighted by atomic mass is 16.5. The van der Waals surface area contributed by atoms with Gasteiger partial charge in [0.15, 0.2) is 6.61 Å². The normalized spacial score (nSPS) is 15.0. The highest BCUT2D eigenvalue weighted by molar-refractivity contribution is 5.98. The SMILES string of the molecule is O=C(O)COc1ccc(NC(=O)C(c2ccccc2)N2CCCCC2=O)cc1. The fourth-order valence-electron chi connectivity index (χ4n) is 3.20. The van der Waals surface area contributed by atoms with Crippen molar-refractivity contribution < 1.29 is 24.2 Å². The molecule has 0 radical (unpaired) electrons. The molecular formula is C21H22N2O5. The summed E-state index contributed by atoms with van der Waals surface area (Å²) in [5.74, 6) is -0.978. The van der Waals surface area contributed by atoms with Gasteiger partial charge in [0.05, 0.1) is 0 Å². The van der Waals surface area contributed by atoms with Gasteiger partial charge in [-0.3, -0.25) is 9.59 Å². The first-order valence-corrected chi connectivity index (χ1v) is 9.14. The maximum atomic E-state index is 13.0. The second-order valence-corrected chi connectivity index (χ2v) is 6.55. The first-order chi connectivity index (χ1) is 13.5. The number of carbonyl (C=O) groups excluding carboxylic acids is 2. The molecule has 0 saturated carbocycles. The highest BCUT2D eigenvalue weighted by Crippen LogP contribution is 2.27. The number of hydrogen-bond donors (Lipinski definition) is 2. The molecule has 2 N–H and O–H groups in total. The van der Waals surface area contributed by atoms with Crippen molar-refractivity contribution in [1.82, 2.24) is 4.90 Å². The Morgan fingerprint density at radius 1 is 1.07 bits per heavy atom. The van der Waals surface area contributed by atoms with Crippen LogP contribution in [-0.4, -0.2) is 40.9 Å². The quantitative estimate of drug-likeness (QED) is 0.768. The lowest BCUT2D eigenvalue weighted by Gasteiger charge is -2.34. The number of nitrogens with zero attached hydrogens (tertiary/aromatic N) is 1. The molecule has 1 unspecified atom stereocenters. The maximum absolute atomic E-state index is 13.0. The van der Waals surface area contributed by atoms with E-state index < -0.39 is 18.6 Å². The summed E-state index contributed by atoms with van der Waals surface area (Å²) in [6.45, 7) is 0.118. The Morgan fingerprint density at radius 3 is 2.43 bits per heavy atom. The lowest BCUT2D eigenvalue weighted by molar-refractivity contribution is -0.141. The number of benzene rings is 2. The van der Waals surface area contributed by atoms with E-state index in [1.165, 1.54) is 0 Å². The minimum Gasteiger partial charge on any atom is -0.482 e. The van der Waals surface area contributed by atoms with E-state index in [4.69, 9.17) is 9.84 Å². The third kappa shape index (κ3) is 4.88. The van der Waals surface area contributed by atoms with E-state index in [9.17, 15) is 14.4 Å². The van der Waals surface area contributed by atoms with Gasteiger partial charge in [0.2, 0.25) is 5.91 Å². The third-order valence-corrected chi connectivity index (χ3v) is 4.52. The predicted molar refractivity (Wildman–Crippen MR) is 103 cm³/mol. The number of aliphatic carboxylic acids is 1. The highest BCUT2D eigenvalue weighted by Gasteiger charge is 2.32. The number of anilines is 1.